The molecule has 252 valence electrons. The maximum atomic E-state index is 11.7. The summed E-state index contributed by atoms with van der Waals surface area (Å²) in [6.07, 6.45) is 29.2. The lowest BCUT2D eigenvalue weighted by Crippen LogP contribution is -2.24. The van der Waals surface area contributed by atoms with Crippen LogP contribution in [-0.4, -0.2) is 74.5 Å². The molecule has 7 heteroatoms. The molecule has 0 radical (unpaired) electrons. The Morgan fingerprint density at radius 3 is 1.56 bits per heavy atom. The van der Waals surface area contributed by atoms with Gasteiger partial charge in [-0.3, -0.25) is 9.59 Å². The van der Waals surface area contributed by atoms with E-state index in [-0.39, 0.29) is 18.0 Å². The van der Waals surface area contributed by atoms with E-state index in [9.17, 15) is 14.7 Å². The van der Waals surface area contributed by atoms with Crippen molar-refractivity contribution in [1.82, 2.24) is 10.2 Å². The van der Waals surface area contributed by atoms with Crippen molar-refractivity contribution in [2.75, 3.05) is 40.4 Å². The smallest absolute Gasteiger partial charge is 0.306 e. The molecule has 1 unspecified atom stereocenters. The molecule has 0 heterocycles. The third-order valence-corrected chi connectivity index (χ3v) is 7.43. The summed E-state index contributed by atoms with van der Waals surface area (Å²) in [6.45, 7) is 6.74. The van der Waals surface area contributed by atoms with Crippen LogP contribution in [0.1, 0.15) is 142 Å². The minimum Gasteiger partial charge on any atom is -0.461 e. The zero-order chi connectivity index (χ0) is 31.8. The lowest BCUT2D eigenvalue weighted by atomic mass is 10.0. The van der Waals surface area contributed by atoms with Gasteiger partial charge in [-0.25, -0.2) is 0 Å². The number of ether oxygens (including phenoxy) is 2. The summed E-state index contributed by atoms with van der Waals surface area (Å²) in [5.74, 6) is -0.223. The number of esters is 2. The Morgan fingerprint density at radius 1 is 0.651 bits per heavy atom. The highest BCUT2D eigenvalue weighted by Crippen LogP contribution is 2.15. The lowest BCUT2D eigenvalue weighted by Gasteiger charge is -2.10. The third-order valence-electron chi connectivity index (χ3n) is 7.43. The molecule has 0 amide bonds. The zero-order valence-electron chi connectivity index (χ0n) is 28.5. The van der Waals surface area contributed by atoms with Gasteiger partial charge in [0, 0.05) is 18.9 Å². The fraction of sp³-hybridized carbons (Fsp3) is 0.833. The summed E-state index contributed by atoms with van der Waals surface area (Å²) < 4.78 is 10.5. The zero-order valence-corrected chi connectivity index (χ0v) is 28.5. The van der Waals surface area contributed by atoms with Crippen molar-refractivity contribution in [3.8, 4) is 0 Å². The van der Waals surface area contributed by atoms with Crippen LogP contribution in [-0.2, 0) is 19.1 Å². The lowest BCUT2D eigenvalue weighted by molar-refractivity contribution is -0.143. The summed E-state index contributed by atoms with van der Waals surface area (Å²) in [4.78, 5) is 25.3. The monoisotopic (exact) mass is 609 g/mol. The van der Waals surface area contributed by atoms with E-state index in [1.807, 2.05) is 26.2 Å². The number of aliphatic hydroxyl groups excluding tert-OH is 1. The summed E-state index contributed by atoms with van der Waals surface area (Å²) >= 11 is 0. The van der Waals surface area contributed by atoms with Gasteiger partial charge in [0.05, 0.1) is 6.10 Å². The van der Waals surface area contributed by atoms with Gasteiger partial charge in [-0.05, 0) is 78.6 Å². The Morgan fingerprint density at radius 2 is 1.09 bits per heavy atom. The molecule has 0 fully saturated rings. The number of carbonyl (C=O) groups is 2. The molecule has 0 saturated heterocycles. The summed E-state index contributed by atoms with van der Waals surface area (Å²) in [5, 5.41) is 13.6. The maximum Gasteiger partial charge on any atom is 0.306 e. The van der Waals surface area contributed by atoms with Crippen molar-refractivity contribution in [3.63, 3.8) is 0 Å². The quantitative estimate of drug-likeness (QED) is 0.0470. The number of hydrogen-bond acceptors (Lipinski definition) is 7. The van der Waals surface area contributed by atoms with Crippen LogP contribution in [0.4, 0.5) is 0 Å². The predicted molar refractivity (Wildman–Crippen MR) is 180 cm³/mol. The second-order valence-corrected chi connectivity index (χ2v) is 12.5. The van der Waals surface area contributed by atoms with E-state index in [4.69, 9.17) is 9.47 Å². The van der Waals surface area contributed by atoms with E-state index in [2.05, 4.69) is 36.2 Å². The van der Waals surface area contributed by atoms with Crippen molar-refractivity contribution in [2.45, 2.75) is 154 Å². The van der Waals surface area contributed by atoms with Gasteiger partial charge in [0.25, 0.3) is 0 Å². The first kappa shape index (κ1) is 41.3. The van der Waals surface area contributed by atoms with Crippen LogP contribution in [0, 0.1) is 0 Å². The van der Waals surface area contributed by atoms with E-state index in [0.717, 1.165) is 64.5 Å². The molecule has 0 spiro atoms. The van der Waals surface area contributed by atoms with Crippen LogP contribution in [0.5, 0.6) is 0 Å². The van der Waals surface area contributed by atoms with Gasteiger partial charge in [-0.1, -0.05) is 102 Å². The number of hydrogen-bond donors (Lipinski definition) is 2. The van der Waals surface area contributed by atoms with Gasteiger partial charge >= 0.3 is 11.9 Å². The van der Waals surface area contributed by atoms with Crippen LogP contribution >= 0.6 is 0 Å². The SMILES string of the molecule is CC(C)NCCCC(=O)OC/C=C\CCCCCCCCC(O)CCCCCCCC/C=C\COC(=O)CCCN(C)C. The molecule has 0 aliphatic heterocycles. The molecule has 0 aromatic carbocycles. The van der Waals surface area contributed by atoms with Crippen molar-refractivity contribution in [2.24, 2.45) is 0 Å². The average molecular weight is 609 g/mol. The van der Waals surface area contributed by atoms with Gasteiger partial charge in [0.2, 0.25) is 0 Å². The Balaban J connectivity index is 3.36. The Hall–Kier alpha value is -1.70. The summed E-state index contributed by atoms with van der Waals surface area (Å²) in [5.41, 5.74) is 0. The van der Waals surface area contributed by atoms with Crippen LogP contribution in [0.15, 0.2) is 24.3 Å². The van der Waals surface area contributed by atoms with Gasteiger partial charge < -0.3 is 24.8 Å². The molecule has 43 heavy (non-hydrogen) atoms. The number of nitrogens with zero attached hydrogens (tertiary/aromatic N) is 1. The van der Waals surface area contributed by atoms with Crippen LogP contribution in [0.2, 0.25) is 0 Å². The standard InChI is InChI=1S/C36H68N2O5/c1-33(2)37-29-23-27-35(40)42-31-21-17-13-9-5-7-11-15-19-25-34(39)26-20-16-12-8-6-10-14-18-22-32-43-36(41)28-24-30-38(3)4/h17-18,21-22,33-34,37,39H,5-16,19-20,23-32H2,1-4H3/b21-17-,22-18-. The van der Waals surface area contributed by atoms with Gasteiger partial charge in [-0.2, -0.15) is 0 Å². The highest BCUT2D eigenvalue weighted by molar-refractivity contribution is 5.69. The molecular weight excluding hydrogens is 540 g/mol. The Kier molecular flexibility index (Phi) is 30.5. The number of unbranched alkanes of at least 4 members (excludes halogenated alkanes) is 12. The maximum absolute atomic E-state index is 11.7. The van der Waals surface area contributed by atoms with E-state index < -0.39 is 0 Å². The van der Waals surface area contributed by atoms with Crippen molar-refractivity contribution < 1.29 is 24.2 Å². The largest absolute Gasteiger partial charge is 0.461 e. The van der Waals surface area contributed by atoms with Gasteiger partial charge in [-0.15, -0.1) is 0 Å². The molecule has 1 atom stereocenters. The topological polar surface area (TPSA) is 88.1 Å². The fourth-order valence-electron chi connectivity index (χ4n) is 4.80. The van der Waals surface area contributed by atoms with Crippen molar-refractivity contribution in [3.05, 3.63) is 24.3 Å². The van der Waals surface area contributed by atoms with Crippen molar-refractivity contribution >= 4 is 11.9 Å². The predicted octanol–water partition coefficient (Wildman–Crippen LogP) is 7.91. The average Bonchev–Trinajstić information content (AvgIpc) is 2.96. The van der Waals surface area contributed by atoms with Crippen molar-refractivity contribution in [1.29, 1.82) is 0 Å². The number of allylic oxidation sites excluding steroid dienone is 2. The molecule has 0 aromatic heterocycles. The first-order valence-corrected chi connectivity index (χ1v) is 17.5. The fourth-order valence-corrected chi connectivity index (χ4v) is 4.80. The van der Waals surface area contributed by atoms with E-state index in [1.165, 1.54) is 64.2 Å². The first-order chi connectivity index (χ1) is 20.8. The molecule has 0 aliphatic rings. The molecule has 0 saturated carbocycles. The van der Waals surface area contributed by atoms with E-state index in [0.29, 0.717) is 32.1 Å². The molecular formula is C36H68N2O5. The Bertz CT molecular complexity index is 693. The Labute approximate surface area is 265 Å². The molecule has 0 aromatic rings. The van der Waals surface area contributed by atoms with Gasteiger partial charge in [0.15, 0.2) is 0 Å². The highest BCUT2D eigenvalue weighted by Gasteiger charge is 2.05. The van der Waals surface area contributed by atoms with Crippen LogP contribution in [0.25, 0.3) is 0 Å². The molecule has 2 N–H and O–H groups in total. The minimum absolute atomic E-state index is 0.109. The number of nitrogens with one attached hydrogen (secondary N) is 1. The second-order valence-electron chi connectivity index (χ2n) is 12.5. The molecule has 0 rings (SSSR count). The third kappa shape index (κ3) is 34.7. The van der Waals surface area contributed by atoms with Crippen LogP contribution < -0.4 is 5.32 Å². The second kappa shape index (κ2) is 31.7. The summed E-state index contributed by atoms with van der Waals surface area (Å²) in [6, 6.07) is 0.454. The summed E-state index contributed by atoms with van der Waals surface area (Å²) in [7, 11) is 4.01. The molecule has 0 aliphatic carbocycles. The van der Waals surface area contributed by atoms with E-state index >= 15 is 0 Å². The molecule has 0 bridgehead atoms. The number of rotatable bonds is 31. The first-order valence-electron chi connectivity index (χ1n) is 17.5. The minimum atomic E-state index is -0.136. The molecule has 7 nitrogen and oxygen atoms in total. The van der Waals surface area contributed by atoms with E-state index in [1.54, 1.807) is 0 Å². The van der Waals surface area contributed by atoms with Gasteiger partial charge in [0.1, 0.15) is 13.2 Å². The normalized spacial score (nSPS) is 12.6. The number of aliphatic hydroxyl groups is 1. The van der Waals surface area contributed by atoms with Crippen LogP contribution in [0.3, 0.4) is 0 Å². The highest BCUT2D eigenvalue weighted by atomic mass is 16.5. The number of carbonyl (C=O) groups excluding carboxylic acids is 2.